The van der Waals surface area contributed by atoms with E-state index in [4.69, 9.17) is 0 Å². The molecule has 0 fully saturated rings. The van der Waals surface area contributed by atoms with E-state index in [0.29, 0.717) is 22.6 Å². The van der Waals surface area contributed by atoms with Crippen LogP contribution in [-0.2, 0) is 9.84 Å². The van der Waals surface area contributed by atoms with Gasteiger partial charge in [-0.1, -0.05) is 49.3 Å². The fourth-order valence-corrected chi connectivity index (χ4v) is 3.94. The van der Waals surface area contributed by atoms with Gasteiger partial charge in [0, 0.05) is 6.42 Å². The van der Waals surface area contributed by atoms with Gasteiger partial charge in [0.05, 0.1) is 9.80 Å². The number of rotatable bonds is 9. The zero-order valence-corrected chi connectivity index (χ0v) is 13.5. The second-order valence-electron chi connectivity index (χ2n) is 4.93. The fourth-order valence-electron chi connectivity index (χ4n) is 2.24. The van der Waals surface area contributed by atoms with Gasteiger partial charge in [0.25, 0.3) is 0 Å². The molecule has 0 aliphatic heterocycles. The number of sulfone groups is 1. The lowest BCUT2D eigenvalue weighted by molar-refractivity contribution is 0.600. The predicted molar refractivity (Wildman–Crippen MR) is 89.8 cm³/mol. The topological polar surface area (TPSA) is 34.1 Å². The highest BCUT2D eigenvalue weighted by molar-refractivity contribution is 7.95. The molecule has 0 radical (unpaired) electrons. The lowest BCUT2D eigenvalue weighted by Gasteiger charge is -2.14. The Bertz CT molecular complexity index is 595. The van der Waals surface area contributed by atoms with Crippen LogP contribution >= 0.6 is 0 Å². The maximum absolute atomic E-state index is 12.9. The van der Waals surface area contributed by atoms with Crippen molar-refractivity contribution in [3.63, 3.8) is 0 Å². The van der Waals surface area contributed by atoms with E-state index >= 15 is 0 Å². The van der Waals surface area contributed by atoms with Crippen molar-refractivity contribution in [2.24, 2.45) is 0 Å². The van der Waals surface area contributed by atoms with Gasteiger partial charge in [0.2, 0.25) is 9.84 Å². The maximum atomic E-state index is 12.9. The minimum absolute atomic E-state index is 0.347. The Morgan fingerprint density at radius 2 is 1.71 bits per heavy atom. The second-order valence-corrected chi connectivity index (χ2v) is 6.90. The molecule has 1 rings (SSSR count). The van der Waals surface area contributed by atoms with E-state index in [1.165, 1.54) is 0 Å². The monoisotopic (exact) mass is 304 g/mol. The Hall–Kier alpha value is -1.61. The van der Waals surface area contributed by atoms with Crippen LogP contribution in [0.15, 0.2) is 71.0 Å². The smallest absolute Gasteiger partial charge is 0.203 e. The van der Waals surface area contributed by atoms with Gasteiger partial charge in [-0.15, -0.1) is 13.2 Å². The molecule has 0 saturated heterocycles. The zero-order valence-electron chi connectivity index (χ0n) is 12.7. The first-order valence-electron chi connectivity index (χ1n) is 7.30. The van der Waals surface area contributed by atoms with Crippen LogP contribution in [0.2, 0.25) is 0 Å². The SMILES string of the molecule is C=CC/C(CCCC)=C(/CC=C)S(=O)(=O)c1ccccc1. The summed E-state index contributed by atoms with van der Waals surface area (Å²) in [4.78, 5) is 0.831. The first-order chi connectivity index (χ1) is 10.1. The Balaban J connectivity index is 3.36. The summed E-state index contributed by atoms with van der Waals surface area (Å²) in [6, 6.07) is 8.60. The van der Waals surface area contributed by atoms with E-state index in [-0.39, 0.29) is 0 Å². The molecule has 2 nitrogen and oxygen atoms in total. The summed E-state index contributed by atoms with van der Waals surface area (Å²) >= 11 is 0. The van der Waals surface area contributed by atoms with Gasteiger partial charge in [0.15, 0.2) is 0 Å². The van der Waals surface area contributed by atoms with Gasteiger partial charge in [-0.2, -0.15) is 0 Å². The summed E-state index contributed by atoms with van der Waals surface area (Å²) in [5.74, 6) is 0. The predicted octanol–water partition coefficient (Wildman–Crippen LogP) is 5.06. The highest BCUT2D eigenvalue weighted by atomic mass is 32.2. The number of hydrogen-bond acceptors (Lipinski definition) is 2. The highest BCUT2D eigenvalue weighted by Crippen LogP contribution is 2.29. The van der Waals surface area contributed by atoms with Crippen LogP contribution in [0.1, 0.15) is 39.0 Å². The average molecular weight is 304 g/mol. The largest absolute Gasteiger partial charge is 0.219 e. The summed E-state index contributed by atoms with van der Waals surface area (Å²) in [5.41, 5.74) is 0.954. The van der Waals surface area contributed by atoms with Crippen molar-refractivity contribution in [1.29, 1.82) is 0 Å². The second kappa shape index (κ2) is 8.63. The molecule has 21 heavy (non-hydrogen) atoms. The van der Waals surface area contributed by atoms with Crippen molar-refractivity contribution in [3.05, 3.63) is 66.1 Å². The van der Waals surface area contributed by atoms with Crippen LogP contribution in [0, 0.1) is 0 Å². The molecule has 1 aromatic rings. The highest BCUT2D eigenvalue weighted by Gasteiger charge is 2.22. The molecule has 0 aliphatic rings. The Labute approximate surface area is 128 Å². The quantitative estimate of drug-likeness (QED) is 0.598. The van der Waals surface area contributed by atoms with E-state index in [0.717, 1.165) is 24.8 Å². The first kappa shape index (κ1) is 17.4. The van der Waals surface area contributed by atoms with Crippen molar-refractivity contribution in [2.45, 2.75) is 43.9 Å². The van der Waals surface area contributed by atoms with Gasteiger partial charge in [-0.05, 0) is 31.4 Å². The molecule has 0 amide bonds. The minimum Gasteiger partial charge on any atom is -0.219 e. The minimum atomic E-state index is -3.45. The zero-order chi connectivity index (χ0) is 15.7. The molecule has 114 valence electrons. The normalized spacial score (nSPS) is 12.6. The Kier molecular flexibility index (Phi) is 7.17. The third-order valence-corrected chi connectivity index (χ3v) is 5.32. The van der Waals surface area contributed by atoms with Crippen LogP contribution in [0.5, 0.6) is 0 Å². The van der Waals surface area contributed by atoms with Crippen molar-refractivity contribution in [2.75, 3.05) is 0 Å². The molecule has 0 spiro atoms. The molecule has 0 N–H and O–H groups in total. The summed E-state index contributed by atoms with van der Waals surface area (Å²) in [6.07, 6.45) is 7.21. The maximum Gasteiger partial charge on any atom is 0.203 e. The van der Waals surface area contributed by atoms with Crippen molar-refractivity contribution in [3.8, 4) is 0 Å². The van der Waals surface area contributed by atoms with Gasteiger partial charge in [0.1, 0.15) is 0 Å². The Morgan fingerprint density at radius 1 is 1.10 bits per heavy atom. The van der Waals surface area contributed by atoms with Crippen molar-refractivity contribution < 1.29 is 8.42 Å². The molecule has 0 unspecified atom stereocenters. The van der Waals surface area contributed by atoms with Crippen LogP contribution < -0.4 is 0 Å². The molecule has 0 atom stereocenters. The number of benzene rings is 1. The summed E-state index contributed by atoms with van der Waals surface area (Å²) in [6.45, 7) is 9.56. The summed E-state index contributed by atoms with van der Waals surface area (Å²) < 4.78 is 25.7. The average Bonchev–Trinajstić information content (AvgIpc) is 2.50. The lowest BCUT2D eigenvalue weighted by atomic mass is 10.0. The third kappa shape index (κ3) is 4.71. The summed E-state index contributed by atoms with van der Waals surface area (Å²) in [5, 5.41) is 0. The van der Waals surface area contributed by atoms with Gasteiger partial charge in [-0.3, -0.25) is 0 Å². The molecule has 0 heterocycles. The van der Waals surface area contributed by atoms with E-state index in [2.05, 4.69) is 20.1 Å². The Morgan fingerprint density at radius 3 is 2.24 bits per heavy atom. The van der Waals surface area contributed by atoms with Gasteiger partial charge in [-0.25, -0.2) is 8.42 Å². The van der Waals surface area contributed by atoms with Gasteiger partial charge < -0.3 is 0 Å². The van der Waals surface area contributed by atoms with Crippen molar-refractivity contribution >= 4 is 9.84 Å². The number of allylic oxidation sites excluding steroid dienone is 4. The number of unbranched alkanes of at least 4 members (excludes halogenated alkanes) is 1. The lowest BCUT2D eigenvalue weighted by Crippen LogP contribution is -2.08. The third-order valence-electron chi connectivity index (χ3n) is 3.32. The van der Waals surface area contributed by atoms with E-state index in [1.807, 2.05) is 6.07 Å². The molecule has 0 aliphatic carbocycles. The van der Waals surface area contributed by atoms with Gasteiger partial charge >= 0.3 is 0 Å². The summed E-state index contributed by atoms with van der Waals surface area (Å²) in [7, 11) is -3.45. The standard InChI is InChI=1S/C18H24O2S/c1-4-7-13-16(11-5-2)18(12-6-3)21(19,20)17-14-9-8-10-15-17/h5-6,8-10,14-15H,2-4,7,11-13H2,1H3/b18-16+. The van der Waals surface area contributed by atoms with Crippen LogP contribution in [0.3, 0.4) is 0 Å². The van der Waals surface area contributed by atoms with E-state index in [1.54, 1.807) is 36.4 Å². The van der Waals surface area contributed by atoms with Crippen LogP contribution in [0.4, 0.5) is 0 Å². The fraction of sp³-hybridized carbons (Fsp3) is 0.333. The van der Waals surface area contributed by atoms with E-state index < -0.39 is 9.84 Å². The molecule has 3 heteroatoms. The van der Waals surface area contributed by atoms with Crippen LogP contribution in [0.25, 0.3) is 0 Å². The molecule has 0 aromatic heterocycles. The molecule has 1 aromatic carbocycles. The molecule has 0 bridgehead atoms. The van der Waals surface area contributed by atoms with Crippen molar-refractivity contribution in [1.82, 2.24) is 0 Å². The number of hydrogen-bond donors (Lipinski definition) is 0. The van der Waals surface area contributed by atoms with Crippen LogP contribution in [-0.4, -0.2) is 8.42 Å². The molecule has 0 saturated carbocycles. The molecular formula is C18H24O2S. The molecular weight excluding hydrogens is 280 g/mol. The first-order valence-corrected chi connectivity index (χ1v) is 8.79. The van der Waals surface area contributed by atoms with E-state index in [9.17, 15) is 8.42 Å².